The van der Waals surface area contributed by atoms with Crippen LogP contribution in [0.25, 0.3) is 0 Å². The second-order valence-corrected chi connectivity index (χ2v) is 0.853. The molecule has 0 aromatic carbocycles. The van der Waals surface area contributed by atoms with E-state index in [1.165, 1.54) is 7.05 Å². The van der Waals surface area contributed by atoms with Crippen LogP contribution in [0.2, 0.25) is 0 Å². The van der Waals surface area contributed by atoms with Crippen LogP contribution < -0.4 is 0 Å². The summed E-state index contributed by atoms with van der Waals surface area (Å²) in [6.45, 7) is 5.25. The molecule has 0 spiro atoms. The minimum Gasteiger partial charge on any atom is -0.288 e. The average Bonchev–Trinajstić information content (AvgIpc) is 1.71. The van der Waals surface area contributed by atoms with E-state index in [2.05, 4.69) is 16.8 Å². The van der Waals surface area contributed by atoms with Gasteiger partial charge in [-0.25, -0.2) is 0 Å². The summed E-state index contributed by atoms with van der Waals surface area (Å²) in [5.41, 5.74) is 0. The molecule has 0 atom stereocenters. The topological polar surface area (TPSA) is 48.6 Å². The molecule has 0 aliphatic carbocycles. The largest absolute Gasteiger partial charge is 0.288 e. The van der Waals surface area contributed by atoms with Crippen molar-refractivity contribution in [2.75, 3.05) is 7.05 Å². The number of nitrogens with zero attached hydrogens (tertiary/aromatic N) is 2. The van der Waals surface area contributed by atoms with Gasteiger partial charge < -0.3 is 0 Å². The Morgan fingerprint density at radius 3 is 2.00 bits per heavy atom. The van der Waals surface area contributed by atoms with Gasteiger partial charge in [-0.05, 0) is 6.92 Å². The predicted molar refractivity (Wildman–Crippen MR) is 35.4 cm³/mol. The molecule has 0 fully saturated rings. The molecule has 0 radical (unpaired) electrons. The lowest BCUT2D eigenvalue weighted by Crippen LogP contribution is -1.49. The van der Waals surface area contributed by atoms with Gasteiger partial charge in [-0.15, -0.1) is 11.7 Å². The highest BCUT2D eigenvalue weighted by Gasteiger charge is 1.42. The Morgan fingerprint density at radius 2 is 2.00 bits per heavy atom. The van der Waals surface area contributed by atoms with Crippen LogP contribution >= 0.6 is 0 Å². The molecule has 8 heavy (non-hydrogen) atoms. The lowest BCUT2D eigenvalue weighted by molar-refractivity contribution is 1.21. The molecule has 46 valence electrons. The van der Waals surface area contributed by atoms with Crippen molar-refractivity contribution in [2.24, 2.45) is 10.2 Å². The zero-order valence-electron chi connectivity index (χ0n) is 5.26. The van der Waals surface area contributed by atoms with E-state index in [4.69, 9.17) is 5.41 Å². The van der Waals surface area contributed by atoms with E-state index in [0.717, 1.165) is 6.34 Å². The monoisotopic (exact) mass is 113 g/mol. The molecule has 1 N–H and O–H groups in total. The number of azo groups is 1. The summed E-state index contributed by atoms with van der Waals surface area (Å²) < 4.78 is 0. The quantitative estimate of drug-likeness (QED) is 0.233. The highest BCUT2D eigenvalue weighted by atomic mass is 15.1. The maximum Gasteiger partial charge on any atom is 0.129 e. The summed E-state index contributed by atoms with van der Waals surface area (Å²) in [4.78, 5) is 0. The number of nitrogens with one attached hydrogen (secondary N) is 1. The fourth-order valence-corrected chi connectivity index (χ4v) is 0.0577. The first-order valence-corrected chi connectivity index (χ1v) is 2.18. The fourth-order valence-electron chi connectivity index (χ4n) is 0.0577. The van der Waals surface area contributed by atoms with E-state index >= 15 is 0 Å². The number of allylic oxidation sites excluding steroid dienone is 1. The van der Waals surface area contributed by atoms with E-state index in [0.29, 0.717) is 0 Å². The fraction of sp³-hybridized carbons (Fsp3) is 0.400. The first-order valence-electron chi connectivity index (χ1n) is 2.18. The third-order valence-electron chi connectivity index (χ3n) is 0.173. The van der Waals surface area contributed by atoms with E-state index in [1.54, 1.807) is 6.08 Å². The summed E-state index contributed by atoms with van der Waals surface area (Å²) in [6.07, 6.45) is 2.64. The van der Waals surface area contributed by atoms with Crippen LogP contribution in [-0.4, -0.2) is 13.4 Å². The summed E-state index contributed by atoms with van der Waals surface area (Å²) in [5.74, 6) is 0. The Hall–Kier alpha value is -0.990. The molecule has 0 aromatic heterocycles. The standard InChI is InChI=1S/C3H6.C2H5N3/c1-3-2;1-4-5-2-3/h3H,1H2,2H3;2-3H,1H3. The van der Waals surface area contributed by atoms with Crippen LogP contribution in [0.1, 0.15) is 6.92 Å². The van der Waals surface area contributed by atoms with Crippen molar-refractivity contribution in [3.63, 3.8) is 0 Å². The van der Waals surface area contributed by atoms with Crippen LogP contribution in [0, 0.1) is 5.41 Å². The maximum absolute atomic E-state index is 6.22. The Kier molecular flexibility index (Phi) is 21.0. The number of hydrogen-bond acceptors (Lipinski definition) is 2. The lowest BCUT2D eigenvalue weighted by atomic mass is 10.8. The van der Waals surface area contributed by atoms with Crippen LogP contribution in [0.5, 0.6) is 0 Å². The zero-order valence-corrected chi connectivity index (χ0v) is 5.26. The van der Waals surface area contributed by atoms with Crippen molar-refractivity contribution in [1.29, 1.82) is 5.41 Å². The molecule has 3 heteroatoms. The summed E-state index contributed by atoms with van der Waals surface area (Å²) in [6, 6.07) is 0. The minimum atomic E-state index is 0.889. The van der Waals surface area contributed by atoms with Crippen molar-refractivity contribution in [2.45, 2.75) is 6.92 Å². The van der Waals surface area contributed by atoms with Gasteiger partial charge in [0.2, 0.25) is 0 Å². The lowest BCUT2D eigenvalue weighted by Gasteiger charge is -1.57. The SMILES string of the molecule is C=CC.CN=NC=N. The van der Waals surface area contributed by atoms with Gasteiger partial charge in [0.1, 0.15) is 6.34 Å². The third kappa shape index (κ3) is 79.0. The van der Waals surface area contributed by atoms with Crippen LogP contribution in [0.15, 0.2) is 22.9 Å². The molecule has 3 nitrogen and oxygen atoms in total. The van der Waals surface area contributed by atoms with Gasteiger partial charge >= 0.3 is 0 Å². The normalized spacial score (nSPS) is 7.25. The Morgan fingerprint density at radius 1 is 1.62 bits per heavy atom. The smallest absolute Gasteiger partial charge is 0.129 e. The van der Waals surface area contributed by atoms with Crippen molar-refractivity contribution >= 4 is 6.34 Å². The van der Waals surface area contributed by atoms with E-state index in [1.807, 2.05) is 6.92 Å². The van der Waals surface area contributed by atoms with Crippen molar-refractivity contribution in [3.8, 4) is 0 Å². The minimum absolute atomic E-state index is 0.889. The second kappa shape index (κ2) is 16.7. The van der Waals surface area contributed by atoms with Gasteiger partial charge in [0.05, 0.1) is 0 Å². The van der Waals surface area contributed by atoms with Gasteiger partial charge in [-0.2, -0.15) is 5.11 Å². The van der Waals surface area contributed by atoms with Crippen molar-refractivity contribution in [1.82, 2.24) is 0 Å². The van der Waals surface area contributed by atoms with Crippen LogP contribution in [0.4, 0.5) is 0 Å². The molecule has 0 rings (SSSR count). The predicted octanol–water partition coefficient (Wildman–Crippen LogP) is 1.87. The Bertz CT molecular complexity index is 75.7. The molecule has 0 saturated carbocycles. The Labute approximate surface area is 49.6 Å². The second-order valence-electron chi connectivity index (χ2n) is 0.853. The molecule has 0 aromatic rings. The Balaban J connectivity index is 0. The molecule has 0 heterocycles. The summed E-state index contributed by atoms with van der Waals surface area (Å²) >= 11 is 0. The van der Waals surface area contributed by atoms with E-state index in [9.17, 15) is 0 Å². The highest BCUT2D eigenvalue weighted by molar-refractivity contribution is 5.49. The molecule has 0 amide bonds. The van der Waals surface area contributed by atoms with Crippen molar-refractivity contribution in [3.05, 3.63) is 12.7 Å². The molecule has 0 saturated heterocycles. The molecule has 0 bridgehead atoms. The maximum atomic E-state index is 6.22. The highest BCUT2D eigenvalue weighted by Crippen LogP contribution is 1.53. The third-order valence-corrected chi connectivity index (χ3v) is 0.173. The van der Waals surface area contributed by atoms with Gasteiger partial charge in [0.15, 0.2) is 0 Å². The number of hydrogen-bond donors (Lipinski definition) is 1. The first-order chi connectivity index (χ1) is 3.83. The molecular formula is C5H11N3. The first kappa shape index (κ1) is 10.1. The van der Waals surface area contributed by atoms with Gasteiger partial charge in [0.25, 0.3) is 0 Å². The summed E-state index contributed by atoms with van der Waals surface area (Å²) in [7, 11) is 1.52. The summed E-state index contributed by atoms with van der Waals surface area (Å²) in [5, 5.41) is 12.6. The molecular weight excluding hydrogens is 102 g/mol. The van der Waals surface area contributed by atoms with Crippen molar-refractivity contribution < 1.29 is 0 Å². The zero-order chi connectivity index (χ0) is 6.83. The molecule has 0 aliphatic heterocycles. The van der Waals surface area contributed by atoms with E-state index in [-0.39, 0.29) is 0 Å². The van der Waals surface area contributed by atoms with Gasteiger partial charge in [-0.3, -0.25) is 5.41 Å². The molecule has 0 unspecified atom stereocenters. The van der Waals surface area contributed by atoms with Crippen LogP contribution in [-0.2, 0) is 0 Å². The number of rotatable bonds is 1. The van der Waals surface area contributed by atoms with Crippen LogP contribution in [0.3, 0.4) is 0 Å². The van der Waals surface area contributed by atoms with Gasteiger partial charge in [0, 0.05) is 7.05 Å². The van der Waals surface area contributed by atoms with E-state index < -0.39 is 0 Å². The molecule has 0 aliphatic rings. The van der Waals surface area contributed by atoms with Gasteiger partial charge in [-0.1, -0.05) is 6.08 Å². The average molecular weight is 113 g/mol.